The predicted molar refractivity (Wildman–Crippen MR) is 86.1 cm³/mol. The van der Waals surface area contributed by atoms with Gasteiger partial charge in [-0.25, -0.2) is 0 Å². The summed E-state index contributed by atoms with van der Waals surface area (Å²) in [5.74, 6) is 0. The molecule has 0 aliphatic carbocycles. The second-order valence-corrected chi connectivity index (χ2v) is 8.33. The molecule has 2 rings (SSSR count). The van der Waals surface area contributed by atoms with Crippen molar-refractivity contribution in [2.45, 2.75) is 33.7 Å². The van der Waals surface area contributed by atoms with E-state index >= 15 is 0 Å². The van der Waals surface area contributed by atoms with Gasteiger partial charge in [-0.15, -0.1) is 22.7 Å². The first-order valence-corrected chi connectivity index (χ1v) is 8.51. The molecule has 0 aromatic carbocycles. The number of aryl methyl sites for hydroxylation is 3. The first-order chi connectivity index (χ1) is 8.52. The molecule has 0 aliphatic rings. The summed E-state index contributed by atoms with van der Waals surface area (Å²) < 4.78 is 1.24. The summed E-state index contributed by atoms with van der Waals surface area (Å²) in [6, 6.07) is 4.93. The van der Waals surface area contributed by atoms with E-state index in [1.165, 1.54) is 29.5 Å². The molecule has 1 atom stereocenters. The third-order valence-electron chi connectivity index (χ3n) is 2.96. The van der Waals surface area contributed by atoms with Crippen LogP contribution in [0, 0.1) is 20.8 Å². The van der Waals surface area contributed by atoms with E-state index < -0.39 is 0 Å². The Morgan fingerprint density at radius 1 is 1.22 bits per heavy atom. The molecule has 0 spiro atoms. The summed E-state index contributed by atoms with van der Waals surface area (Å²) in [7, 11) is 0. The van der Waals surface area contributed by atoms with Crippen LogP contribution < -0.4 is 5.32 Å². The van der Waals surface area contributed by atoms with Crippen LogP contribution in [0.2, 0.25) is 0 Å². The maximum atomic E-state index is 3.63. The monoisotopic (exact) mass is 343 g/mol. The van der Waals surface area contributed by atoms with Crippen LogP contribution in [0.15, 0.2) is 15.9 Å². The molecule has 1 nitrogen and oxygen atoms in total. The molecule has 1 N–H and O–H groups in total. The number of thiophene rings is 2. The van der Waals surface area contributed by atoms with Gasteiger partial charge < -0.3 is 5.32 Å². The Labute approximate surface area is 125 Å². The zero-order valence-electron chi connectivity index (χ0n) is 11.1. The van der Waals surface area contributed by atoms with Crippen LogP contribution >= 0.6 is 38.6 Å². The highest BCUT2D eigenvalue weighted by molar-refractivity contribution is 9.11. The SMILES string of the molecule is CCNC(c1cc(C)c(Br)s1)c1cc(C)sc1C. The van der Waals surface area contributed by atoms with Gasteiger partial charge in [-0.1, -0.05) is 6.92 Å². The van der Waals surface area contributed by atoms with Gasteiger partial charge >= 0.3 is 0 Å². The molecule has 0 radical (unpaired) electrons. The number of hydrogen-bond acceptors (Lipinski definition) is 3. The van der Waals surface area contributed by atoms with Crippen molar-refractivity contribution < 1.29 is 0 Å². The summed E-state index contributed by atoms with van der Waals surface area (Å²) >= 11 is 7.34. The Balaban J connectivity index is 2.42. The van der Waals surface area contributed by atoms with Gasteiger partial charge in [0.1, 0.15) is 0 Å². The van der Waals surface area contributed by atoms with Gasteiger partial charge in [0.15, 0.2) is 0 Å². The summed E-state index contributed by atoms with van der Waals surface area (Å²) in [5, 5.41) is 3.61. The maximum absolute atomic E-state index is 3.63. The number of halogens is 1. The van der Waals surface area contributed by atoms with Gasteiger partial charge in [-0.3, -0.25) is 0 Å². The normalized spacial score (nSPS) is 12.9. The van der Waals surface area contributed by atoms with Crippen molar-refractivity contribution in [1.29, 1.82) is 0 Å². The second kappa shape index (κ2) is 5.87. The number of rotatable bonds is 4. The van der Waals surface area contributed by atoms with Crippen molar-refractivity contribution in [3.63, 3.8) is 0 Å². The van der Waals surface area contributed by atoms with E-state index in [0.717, 1.165) is 6.54 Å². The molecule has 2 heterocycles. The first-order valence-electron chi connectivity index (χ1n) is 6.09. The Morgan fingerprint density at radius 2 is 1.94 bits per heavy atom. The van der Waals surface area contributed by atoms with Crippen LogP contribution in [0.1, 0.15) is 38.7 Å². The highest BCUT2D eigenvalue weighted by Crippen LogP contribution is 2.37. The molecule has 0 fully saturated rings. The van der Waals surface area contributed by atoms with Crippen molar-refractivity contribution >= 4 is 38.6 Å². The van der Waals surface area contributed by atoms with E-state index in [0.29, 0.717) is 6.04 Å². The van der Waals surface area contributed by atoms with Crippen molar-refractivity contribution in [2.75, 3.05) is 6.54 Å². The molecule has 0 aliphatic heterocycles. The smallest absolute Gasteiger partial charge is 0.0731 e. The van der Waals surface area contributed by atoms with E-state index in [1.807, 2.05) is 22.7 Å². The molecule has 0 amide bonds. The van der Waals surface area contributed by atoms with Crippen LogP contribution in [0.4, 0.5) is 0 Å². The van der Waals surface area contributed by atoms with Crippen molar-refractivity contribution in [3.05, 3.63) is 41.7 Å². The van der Waals surface area contributed by atoms with Gasteiger partial charge in [0, 0.05) is 14.6 Å². The summed E-state index contributed by atoms with van der Waals surface area (Å²) in [6.07, 6.45) is 0. The van der Waals surface area contributed by atoms with Gasteiger partial charge in [0.2, 0.25) is 0 Å². The molecular formula is C14H18BrNS2. The zero-order valence-corrected chi connectivity index (χ0v) is 14.4. The van der Waals surface area contributed by atoms with Gasteiger partial charge in [0.05, 0.1) is 9.83 Å². The highest BCUT2D eigenvalue weighted by atomic mass is 79.9. The third kappa shape index (κ3) is 2.87. The average Bonchev–Trinajstić information content (AvgIpc) is 2.79. The fourth-order valence-electron chi connectivity index (χ4n) is 2.13. The molecule has 2 aromatic heterocycles. The van der Waals surface area contributed by atoms with E-state index in [2.05, 4.69) is 61.1 Å². The average molecular weight is 344 g/mol. The van der Waals surface area contributed by atoms with Crippen LogP contribution in [0.5, 0.6) is 0 Å². The summed E-state index contributed by atoms with van der Waals surface area (Å²) in [6.45, 7) is 9.69. The van der Waals surface area contributed by atoms with Gasteiger partial charge in [-0.05, 0) is 66.5 Å². The molecule has 98 valence electrons. The molecule has 4 heteroatoms. The lowest BCUT2D eigenvalue weighted by atomic mass is 10.1. The Bertz CT molecular complexity index is 522. The Morgan fingerprint density at radius 3 is 2.39 bits per heavy atom. The lowest BCUT2D eigenvalue weighted by molar-refractivity contribution is 0.638. The van der Waals surface area contributed by atoms with Crippen molar-refractivity contribution in [1.82, 2.24) is 5.32 Å². The van der Waals surface area contributed by atoms with Gasteiger partial charge in [0.25, 0.3) is 0 Å². The molecule has 2 aromatic rings. The van der Waals surface area contributed by atoms with E-state index in [9.17, 15) is 0 Å². The number of hydrogen-bond donors (Lipinski definition) is 1. The minimum absolute atomic E-state index is 0.329. The summed E-state index contributed by atoms with van der Waals surface area (Å²) in [5.41, 5.74) is 2.75. The van der Waals surface area contributed by atoms with Crippen LogP contribution in [-0.2, 0) is 0 Å². The van der Waals surface area contributed by atoms with E-state index in [4.69, 9.17) is 0 Å². The Kier molecular flexibility index (Phi) is 4.64. The largest absolute Gasteiger partial charge is 0.306 e. The van der Waals surface area contributed by atoms with Crippen LogP contribution in [0.25, 0.3) is 0 Å². The topological polar surface area (TPSA) is 12.0 Å². The van der Waals surface area contributed by atoms with Crippen LogP contribution in [0.3, 0.4) is 0 Å². The van der Waals surface area contributed by atoms with Crippen LogP contribution in [-0.4, -0.2) is 6.54 Å². The molecule has 0 saturated carbocycles. The number of nitrogens with one attached hydrogen (secondary N) is 1. The molecular weight excluding hydrogens is 326 g/mol. The molecule has 18 heavy (non-hydrogen) atoms. The minimum atomic E-state index is 0.329. The fourth-order valence-corrected chi connectivity index (χ4v) is 4.76. The second-order valence-electron chi connectivity index (χ2n) is 4.46. The maximum Gasteiger partial charge on any atom is 0.0731 e. The predicted octanol–water partition coefficient (Wildman–Crippen LogP) is 5.20. The standard InChI is InChI=1S/C14H18BrNS2/c1-5-16-13(11-7-9(3)17-10(11)4)12-6-8(2)14(15)18-12/h6-7,13,16H,5H2,1-4H3. The third-order valence-corrected chi connectivity index (χ3v) is 6.14. The van der Waals surface area contributed by atoms with Crippen molar-refractivity contribution in [2.24, 2.45) is 0 Å². The van der Waals surface area contributed by atoms with Gasteiger partial charge in [-0.2, -0.15) is 0 Å². The van der Waals surface area contributed by atoms with Crippen molar-refractivity contribution in [3.8, 4) is 0 Å². The fraction of sp³-hybridized carbons (Fsp3) is 0.429. The lowest BCUT2D eigenvalue weighted by Gasteiger charge is -2.16. The lowest BCUT2D eigenvalue weighted by Crippen LogP contribution is -2.21. The summed E-state index contributed by atoms with van der Waals surface area (Å²) in [4.78, 5) is 4.19. The Hall–Kier alpha value is -0.160. The van der Waals surface area contributed by atoms with E-state index in [1.54, 1.807) is 0 Å². The molecule has 0 bridgehead atoms. The zero-order chi connectivity index (χ0) is 13.3. The quantitative estimate of drug-likeness (QED) is 0.804. The van der Waals surface area contributed by atoms with E-state index in [-0.39, 0.29) is 0 Å². The molecule has 0 saturated heterocycles. The highest BCUT2D eigenvalue weighted by Gasteiger charge is 2.19. The minimum Gasteiger partial charge on any atom is -0.306 e. The first kappa shape index (κ1) is 14.3. The molecule has 1 unspecified atom stereocenters.